The number of amides is 2. The molecule has 8 heteroatoms. The van der Waals surface area contributed by atoms with E-state index in [1.807, 2.05) is 18.7 Å². The van der Waals surface area contributed by atoms with Gasteiger partial charge in [0.05, 0.1) is 23.6 Å². The van der Waals surface area contributed by atoms with Gasteiger partial charge >= 0.3 is 6.09 Å². The van der Waals surface area contributed by atoms with Gasteiger partial charge < -0.3 is 14.4 Å². The van der Waals surface area contributed by atoms with Crippen LogP contribution in [0.4, 0.5) is 10.6 Å². The van der Waals surface area contributed by atoms with Crippen molar-refractivity contribution in [2.24, 2.45) is 0 Å². The van der Waals surface area contributed by atoms with Gasteiger partial charge in [-0.1, -0.05) is 0 Å². The molecule has 0 radical (unpaired) electrons. The number of anilines is 1. The molecular formula is C17H24N4O4. The molecule has 0 spiro atoms. The van der Waals surface area contributed by atoms with E-state index in [0.717, 1.165) is 25.1 Å². The molecule has 2 saturated heterocycles. The second-order valence-electron chi connectivity index (χ2n) is 7.11. The fourth-order valence-corrected chi connectivity index (χ4v) is 3.34. The summed E-state index contributed by atoms with van der Waals surface area (Å²) in [5.74, 6) is 0.632. The number of hydrogen-bond donors (Lipinski definition) is 0. The average Bonchev–Trinajstić information content (AvgIpc) is 2.88. The lowest BCUT2D eigenvalue weighted by Crippen LogP contribution is -2.43. The van der Waals surface area contributed by atoms with Gasteiger partial charge in [-0.15, -0.1) is 0 Å². The average molecular weight is 348 g/mol. The Hall–Kier alpha value is -2.22. The molecule has 8 nitrogen and oxygen atoms in total. The highest BCUT2D eigenvalue weighted by atomic mass is 16.6. The summed E-state index contributed by atoms with van der Waals surface area (Å²) in [7, 11) is 1.52. The maximum atomic E-state index is 12.0. The minimum Gasteiger partial charge on any atom is -0.447 e. The second-order valence-corrected chi connectivity index (χ2v) is 7.11. The van der Waals surface area contributed by atoms with E-state index in [2.05, 4.69) is 9.97 Å². The fourth-order valence-electron chi connectivity index (χ4n) is 3.34. The van der Waals surface area contributed by atoms with Gasteiger partial charge in [0.2, 0.25) is 5.91 Å². The summed E-state index contributed by atoms with van der Waals surface area (Å²) in [4.78, 5) is 36.2. The van der Waals surface area contributed by atoms with E-state index in [0.29, 0.717) is 19.0 Å². The van der Waals surface area contributed by atoms with Crippen LogP contribution in [-0.2, 0) is 14.3 Å². The molecule has 3 rings (SSSR count). The largest absolute Gasteiger partial charge is 0.447 e. The first-order chi connectivity index (χ1) is 11.9. The Labute approximate surface area is 147 Å². The van der Waals surface area contributed by atoms with Gasteiger partial charge in [-0.2, -0.15) is 0 Å². The van der Waals surface area contributed by atoms with Crippen LogP contribution in [0.2, 0.25) is 0 Å². The number of carbonyl (C=O) groups excluding carboxylic acids is 2. The maximum absolute atomic E-state index is 12.0. The van der Waals surface area contributed by atoms with Gasteiger partial charge in [-0.3, -0.25) is 14.7 Å². The number of piperidine rings is 1. The lowest BCUT2D eigenvalue weighted by atomic mass is 9.95. The number of ether oxygens (including phenoxy) is 2. The number of cyclic esters (lactones) is 1. The second kappa shape index (κ2) is 6.95. The number of aromatic nitrogens is 2. The van der Waals surface area contributed by atoms with Crippen LogP contribution in [0.3, 0.4) is 0 Å². The molecule has 2 aliphatic rings. The molecule has 0 unspecified atom stereocenters. The van der Waals surface area contributed by atoms with E-state index in [1.54, 1.807) is 12.4 Å². The molecule has 1 aromatic heterocycles. The Morgan fingerprint density at radius 1 is 1.40 bits per heavy atom. The topological polar surface area (TPSA) is 84.9 Å². The smallest absolute Gasteiger partial charge is 0.416 e. The Morgan fingerprint density at radius 3 is 2.80 bits per heavy atom. The quantitative estimate of drug-likeness (QED) is 0.821. The van der Waals surface area contributed by atoms with E-state index in [-0.39, 0.29) is 18.4 Å². The zero-order valence-electron chi connectivity index (χ0n) is 14.9. The van der Waals surface area contributed by atoms with Crippen molar-refractivity contribution in [1.29, 1.82) is 0 Å². The molecule has 0 saturated carbocycles. The van der Waals surface area contributed by atoms with Crippen molar-refractivity contribution in [3.63, 3.8) is 0 Å². The molecule has 2 amide bonds. The van der Waals surface area contributed by atoms with Crippen molar-refractivity contribution in [2.45, 2.75) is 38.1 Å². The summed E-state index contributed by atoms with van der Waals surface area (Å²) < 4.78 is 10.0. The van der Waals surface area contributed by atoms with Crippen LogP contribution in [0, 0.1) is 0 Å². The van der Waals surface area contributed by atoms with Gasteiger partial charge in [-0.25, -0.2) is 9.78 Å². The molecular weight excluding hydrogens is 324 g/mol. The van der Waals surface area contributed by atoms with Gasteiger partial charge in [0, 0.05) is 26.1 Å². The predicted molar refractivity (Wildman–Crippen MR) is 90.4 cm³/mol. The molecule has 0 aromatic carbocycles. The van der Waals surface area contributed by atoms with Crippen LogP contribution in [0.15, 0.2) is 12.4 Å². The number of nitrogens with zero attached hydrogens (tertiary/aromatic N) is 4. The third kappa shape index (κ3) is 3.58. The lowest BCUT2D eigenvalue weighted by molar-refractivity contribution is -0.136. The summed E-state index contributed by atoms with van der Waals surface area (Å²) in [6, 6.07) is 0. The van der Waals surface area contributed by atoms with Crippen LogP contribution < -0.4 is 4.90 Å². The molecule has 3 heterocycles. The Morgan fingerprint density at radius 2 is 2.20 bits per heavy atom. The monoisotopic (exact) mass is 348 g/mol. The highest BCUT2D eigenvalue weighted by Crippen LogP contribution is 2.30. The van der Waals surface area contributed by atoms with Crippen molar-refractivity contribution in [3.8, 4) is 0 Å². The Balaban J connectivity index is 1.72. The zero-order valence-corrected chi connectivity index (χ0v) is 14.9. The van der Waals surface area contributed by atoms with Crippen molar-refractivity contribution < 1.29 is 19.1 Å². The van der Waals surface area contributed by atoms with Crippen molar-refractivity contribution in [2.75, 3.05) is 38.3 Å². The van der Waals surface area contributed by atoms with E-state index < -0.39 is 11.6 Å². The number of carbonyl (C=O) groups is 2. The first-order valence-electron chi connectivity index (χ1n) is 8.48. The van der Waals surface area contributed by atoms with Crippen LogP contribution in [-0.4, -0.2) is 65.8 Å². The Kier molecular flexibility index (Phi) is 4.89. The summed E-state index contributed by atoms with van der Waals surface area (Å²) in [5.41, 5.74) is 0.394. The highest BCUT2D eigenvalue weighted by molar-refractivity contribution is 5.89. The first-order valence-corrected chi connectivity index (χ1v) is 8.48. The number of hydrogen-bond acceptors (Lipinski definition) is 6. The van der Waals surface area contributed by atoms with E-state index in [4.69, 9.17) is 9.47 Å². The number of methoxy groups -OCH3 is 1. The van der Waals surface area contributed by atoms with E-state index in [1.165, 1.54) is 12.0 Å². The van der Waals surface area contributed by atoms with Gasteiger partial charge in [0.1, 0.15) is 13.2 Å². The van der Waals surface area contributed by atoms with Gasteiger partial charge in [-0.05, 0) is 26.7 Å². The SMILES string of the molecule is COCC(=O)N1CCC[C@H](c2cnc(N3C(=O)OCC3(C)C)cn2)C1. The third-order valence-electron chi connectivity index (χ3n) is 4.68. The minimum absolute atomic E-state index is 0.00154. The van der Waals surface area contributed by atoms with E-state index in [9.17, 15) is 9.59 Å². The van der Waals surface area contributed by atoms with Crippen LogP contribution in [0.1, 0.15) is 38.3 Å². The standard InChI is InChI=1S/C17H24N4O4/c1-17(2)11-25-16(23)21(17)14-8-18-13(7-19-14)12-5-4-6-20(9-12)15(22)10-24-3/h7-8,12H,4-6,9-11H2,1-3H3/t12-/m0/s1. The molecule has 136 valence electrons. The summed E-state index contributed by atoms with van der Waals surface area (Å²) in [6.45, 7) is 5.64. The van der Waals surface area contributed by atoms with Gasteiger partial charge in [0.15, 0.2) is 5.82 Å². The zero-order chi connectivity index (χ0) is 18.0. The summed E-state index contributed by atoms with van der Waals surface area (Å²) >= 11 is 0. The van der Waals surface area contributed by atoms with Crippen LogP contribution in [0.5, 0.6) is 0 Å². The maximum Gasteiger partial charge on any atom is 0.416 e. The normalized spacial score (nSPS) is 22.8. The molecule has 0 N–H and O–H groups in total. The summed E-state index contributed by atoms with van der Waals surface area (Å²) in [6.07, 6.45) is 4.80. The minimum atomic E-state index is -0.443. The molecule has 1 atom stereocenters. The molecule has 2 fully saturated rings. The third-order valence-corrected chi connectivity index (χ3v) is 4.68. The van der Waals surface area contributed by atoms with Crippen molar-refractivity contribution >= 4 is 17.8 Å². The lowest BCUT2D eigenvalue weighted by Gasteiger charge is -2.32. The van der Waals surface area contributed by atoms with Crippen molar-refractivity contribution in [1.82, 2.24) is 14.9 Å². The molecule has 0 bridgehead atoms. The fraction of sp³-hybridized carbons (Fsp3) is 0.647. The molecule has 0 aliphatic carbocycles. The van der Waals surface area contributed by atoms with Crippen LogP contribution >= 0.6 is 0 Å². The summed E-state index contributed by atoms with van der Waals surface area (Å²) in [5, 5.41) is 0. The van der Waals surface area contributed by atoms with Crippen molar-refractivity contribution in [3.05, 3.63) is 18.1 Å². The predicted octanol–water partition coefficient (Wildman–Crippen LogP) is 1.56. The van der Waals surface area contributed by atoms with Crippen LogP contribution in [0.25, 0.3) is 0 Å². The molecule has 25 heavy (non-hydrogen) atoms. The first kappa shape index (κ1) is 17.6. The molecule has 2 aliphatic heterocycles. The number of likely N-dealkylation sites (tertiary alicyclic amines) is 1. The van der Waals surface area contributed by atoms with Gasteiger partial charge in [0.25, 0.3) is 0 Å². The highest BCUT2D eigenvalue weighted by Gasteiger charge is 2.42. The Bertz CT molecular complexity index is 647. The molecule has 1 aromatic rings. The van der Waals surface area contributed by atoms with E-state index >= 15 is 0 Å². The number of rotatable bonds is 4.